The van der Waals surface area contributed by atoms with Gasteiger partial charge in [0.15, 0.2) is 0 Å². The third kappa shape index (κ3) is 4.12. The molecule has 1 atom stereocenters. The lowest BCUT2D eigenvalue weighted by Gasteiger charge is -2.21. The number of oxime groups is 1. The highest BCUT2D eigenvalue weighted by atomic mass is 35.5. The lowest BCUT2D eigenvalue weighted by atomic mass is 9.83. The molecule has 0 amide bonds. The number of benzene rings is 2. The zero-order valence-corrected chi connectivity index (χ0v) is 15.6. The van der Waals surface area contributed by atoms with Crippen molar-refractivity contribution >= 4 is 17.3 Å². The minimum Gasteiger partial charge on any atom is -0.411 e. The Morgan fingerprint density at radius 1 is 1.08 bits per heavy atom. The van der Waals surface area contributed by atoms with Gasteiger partial charge in [-0.15, -0.1) is 0 Å². The minimum absolute atomic E-state index is 0.0628. The van der Waals surface area contributed by atoms with Gasteiger partial charge in [0, 0.05) is 34.8 Å². The number of hydrogen-bond acceptors (Lipinski definition) is 3. The van der Waals surface area contributed by atoms with Crippen molar-refractivity contribution in [1.82, 2.24) is 4.98 Å². The first-order chi connectivity index (χ1) is 12.6. The van der Waals surface area contributed by atoms with Crippen molar-refractivity contribution in [3.63, 3.8) is 0 Å². The molecule has 0 saturated carbocycles. The molecule has 0 fully saturated rings. The van der Waals surface area contributed by atoms with Gasteiger partial charge in [-0.3, -0.25) is 4.98 Å². The molecule has 26 heavy (non-hydrogen) atoms. The van der Waals surface area contributed by atoms with Crippen LogP contribution in [0.2, 0.25) is 5.02 Å². The van der Waals surface area contributed by atoms with E-state index in [9.17, 15) is 5.21 Å². The molecule has 132 valence electrons. The molecule has 0 aliphatic rings. The number of nitrogens with zero attached hydrogens (tertiary/aromatic N) is 2. The van der Waals surface area contributed by atoms with Crippen molar-refractivity contribution in [3.05, 3.63) is 99.8 Å². The summed E-state index contributed by atoms with van der Waals surface area (Å²) in [4.78, 5) is 4.22. The highest BCUT2D eigenvalue weighted by Gasteiger charge is 2.20. The maximum atomic E-state index is 9.67. The van der Waals surface area contributed by atoms with Crippen molar-refractivity contribution in [3.8, 4) is 0 Å². The zero-order valence-electron chi connectivity index (χ0n) is 14.9. The van der Waals surface area contributed by atoms with Crippen LogP contribution in [0, 0.1) is 13.8 Å². The molecule has 0 spiro atoms. The van der Waals surface area contributed by atoms with E-state index in [4.69, 9.17) is 11.6 Å². The number of rotatable bonds is 5. The molecular weight excluding hydrogens is 344 g/mol. The molecule has 1 N–H and O–H groups in total. The predicted octanol–water partition coefficient (Wildman–Crippen LogP) is 5.75. The highest BCUT2D eigenvalue weighted by Crippen LogP contribution is 2.33. The lowest BCUT2D eigenvalue weighted by Crippen LogP contribution is -2.12. The molecule has 2 aromatic carbocycles. The molecule has 3 rings (SSSR count). The Hall–Kier alpha value is -2.65. The Kier molecular flexibility index (Phi) is 5.69. The second-order valence-corrected chi connectivity index (χ2v) is 6.84. The summed E-state index contributed by atoms with van der Waals surface area (Å²) in [7, 11) is 0. The van der Waals surface area contributed by atoms with Crippen molar-refractivity contribution in [2.45, 2.75) is 26.2 Å². The molecular formula is C22H21ClN2O. The highest BCUT2D eigenvalue weighted by molar-refractivity contribution is 6.30. The van der Waals surface area contributed by atoms with Crippen LogP contribution in [0.5, 0.6) is 0 Å². The van der Waals surface area contributed by atoms with Crippen molar-refractivity contribution in [2.75, 3.05) is 0 Å². The van der Waals surface area contributed by atoms with Crippen LogP contribution >= 0.6 is 11.6 Å². The molecule has 0 aliphatic heterocycles. The molecule has 4 heteroatoms. The van der Waals surface area contributed by atoms with Gasteiger partial charge in [-0.05, 0) is 54.8 Å². The maximum absolute atomic E-state index is 9.67. The number of aryl methyl sites for hydroxylation is 2. The third-order valence-electron chi connectivity index (χ3n) is 4.56. The van der Waals surface area contributed by atoms with E-state index in [2.05, 4.69) is 35.3 Å². The van der Waals surface area contributed by atoms with Gasteiger partial charge < -0.3 is 5.21 Å². The molecule has 3 aromatic rings. The normalized spacial score (nSPS) is 12.8. The summed E-state index contributed by atoms with van der Waals surface area (Å²) in [6, 6.07) is 20.0. The van der Waals surface area contributed by atoms with E-state index in [-0.39, 0.29) is 5.92 Å². The van der Waals surface area contributed by atoms with Crippen LogP contribution in [0.4, 0.5) is 0 Å². The number of hydrogen-bond donors (Lipinski definition) is 1. The van der Waals surface area contributed by atoms with Crippen molar-refractivity contribution in [2.24, 2.45) is 5.16 Å². The number of pyridine rings is 1. The molecule has 0 saturated heterocycles. The van der Waals surface area contributed by atoms with Gasteiger partial charge >= 0.3 is 0 Å². The summed E-state index contributed by atoms with van der Waals surface area (Å²) in [5, 5.41) is 14.0. The fraction of sp³-hybridized carbons (Fsp3) is 0.182. The summed E-state index contributed by atoms with van der Waals surface area (Å²) in [6.07, 6.45) is 2.31. The maximum Gasteiger partial charge on any atom is 0.0878 e. The average molecular weight is 365 g/mol. The van der Waals surface area contributed by atoms with E-state index in [1.807, 2.05) is 49.4 Å². The fourth-order valence-electron chi connectivity index (χ4n) is 3.26. The van der Waals surface area contributed by atoms with Gasteiger partial charge in [0.25, 0.3) is 0 Å². The van der Waals surface area contributed by atoms with Crippen LogP contribution < -0.4 is 0 Å². The Labute approximate surface area is 159 Å². The first-order valence-electron chi connectivity index (χ1n) is 8.53. The largest absolute Gasteiger partial charge is 0.411 e. The van der Waals surface area contributed by atoms with E-state index in [1.165, 1.54) is 11.1 Å². The van der Waals surface area contributed by atoms with Gasteiger partial charge in [0.2, 0.25) is 0 Å². The first kappa shape index (κ1) is 18.2. The fourth-order valence-corrected chi connectivity index (χ4v) is 3.48. The summed E-state index contributed by atoms with van der Waals surface area (Å²) in [6.45, 7) is 3.99. The van der Waals surface area contributed by atoms with Gasteiger partial charge in [-0.25, -0.2) is 0 Å². The van der Waals surface area contributed by atoms with Gasteiger partial charge in [0.1, 0.15) is 0 Å². The first-order valence-corrected chi connectivity index (χ1v) is 8.91. The Bertz CT molecular complexity index is 922. The van der Waals surface area contributed by atoms with Crippen molar-refractivity contribution in [1.29, 1.82) is 0 Å². The molecule has 0 aliphatic carbocycles. The average Bonchev–Trinajstić information content (AvgIpc) is 2.64. The van der Waals surface area contributed by atoms with E-state index in [1.54, 1.807) is 6.20 Å². The van der Waals surface area contributed by atoms with E-state index < -0.39 is 0 Å². The smallest absolute Gasteiger partial charge is 0.0878 e. The van der Waals surface area contributed by atoms with Crippen LogP contribution in [-0.2, 0) is 0 Å². The summed E-state index contributed by atoms with van der Waals surface area (Å²) in [5.41, 5.74) is 5.88. The second-order valence-electron chi connectivity index (χ2n) is 6.40. The molecule has 0 unspecified atom stereocenters. The SMILES string of the molecule is Cc1cc(C(C[C@@H](c2ccccc2)c2ccc(Cl)cc2C)=NO)ccn1. The van der Waals surface area contributed by atoms with Crippen LogP contribution in [0.3, 0.4) is 0 Å². The third-order valence-corrected chi connectivity index (χ3v) is 4.79. The Morgan fingerprint density at radius 3 is 2.50 bits per heavy atom. The Balaban J connectivity index is 2.03. The molecule has 0 bridgehead atoms. The number of halogens is 1. The van der Waals surface area contributed by atoms with Crippen LogP contribution in [0.15, 0.2) is 72.0 Å². The van der Waals surface area contributed by atoms with Crippen molar-refractivity contribution < 1.29 is 5.21 Å². The summed E-state index contributed by atoms with van der Waals surface area (Å²) in [5.74, 6) is 0.0628. The quantitative estimate of drug-likeness (QED) is 0.356. The second kappa shape index (κ2) is 8.15. The Morgan fingerprint density at radius 2 is 1.85 bits per heavy atom. The predicted molar refractivity (Wildman–Crippen MR) is 106 cm³/mol. The van der Waals surface area contributed by atoms with Crippen LogP contribution in [-0.4, -0.2) is 15.9 Å². The van der Waals surface area contributed by atoms with E-state index >= 15 is 0 Å². The molecule has 1 aromatic heterocycles. The molecule has 3 nitrogen and oxygen atoms in total. The lowest BCUT2D eigenvalue weighted by molar-refractivity contribution is 0.317. The molecule has 0 radical (unpaired) electrons. The van der Waals surface area contributed by atoms with Gasteiger partial charge in [0.05, 0.1) is 5.71 Å². The molecule has 1 heterocycles. The summed E-state index contributed by atoms with van der Waals surface area (Å²) < 4.78 is 0. The summed E-state index contributed by atoms with van der Waals surface area (Å²) >= 11 is 6.14. The zero-order chi connectivity index (χ0) is 18.5. The van der Waals surface area contributed by atoms with Crippen LogP contribution in [0.25, 0.3) is 0 Å². The minimum atomic E-state index is 0.0628. The topological polar surface area (TPSA) is 45.5 Å². The van der Waals surface area contributed by atoms with Gasteiger partial charge in [-0.2, -0.15) is 0 Å². The standard InChI is InChI=1S/C22H21ClN2O/c1-15-12-19(23)8-9-20(15)21(17-6-4-3-5-7-17)14-22(25-26)18-10-11-24-16(2)13-18/h3-13,21,26H,14H2,1-2H3/t21-/m0/s1. The number of aromatic nitrogens is 1. The van der Waals surface area contributed by atoms with Crippen LogP contribution in [0.1, 0.15) is 40.3 Å². The van der Waals surface area contributed by atoms with E-state index in [0.29, 0.717) is 12.1 Å². The monoisotopic (exact) mass is 364 g/mol. The van der Waals surface area contributed by atoms with Gasteiger partial charge in [-0.1, -0.05) is 53.2 Å². The van der Waals surface area contributed by atoms with E-state index in [0.717, 1.165) is 21.8 Å².